The number of rotatable bonds is 3. The number of hydrogen-bond acceptors (Lipinski definition) is 2. The van der Waals surface area contributed by atoms with E-state index in [4.69, 9.17) is 0 Å². The molecule has 1 rings (SSSR count). The molecule has 0 aliphatic carbocycles. The SMILES string of the molecule is C=CNc1ccccc1C=O. The van der Waals surface area contributed by atoms with Crippen molar-refractivity contribution in [2.24, 2.45) is 0 Å². The summed E-state index contributed by atoms with van der Waals surface area (Å²) >= 11 is 0. The average molecular weight is 147 g/mol. The summed E-state index contributed by atoms with van der Waals surface area (Å²) in [6.45, 7) is 3.50. The van der Waals surface area contributed by atoms with Gasteiger partial charge in [-0.05, 0) is 18.3 Å². The standard InChI is InChI=1S/C9H9NO/c1-2-10-9-6-4-3-5-8(9)7-11/h2-7,10H,1H2. The molecule has 0 aromatic heterocycles. The van der Waals surface area contributed by atoms with Crippen molar-refractivity contribution in [1.82, 2.24) is 0 Å². The van der Waals surface area contributed by atoms with Crippen molar-refractivity contribution < 1.29 is 4.79 Å². The number of para-hydroxylation sites is 1. The van der Waals surface area contributed by atoms with Crippen LogP contribution < -0.4 is 5.32 Å². The lowest BCUT2D eigenvalue weighted by molar-refractivity contribution is 0.112. The van der Waals surface area contributed by atoms with Gasteiger partial charge in [0.1, 0.15) is 0 Å². The zero-order chi connectivity index (χ0) is 8.10. The fourth-order valence-electron chi connectivity index (χ4n) is 0.841. The molecule has 0 aliphatic heterocycles. The van der Waals surface area contributed by atoms with Gasteiger partial charge in [0.2, 0.25) is 0 Å². The summed E-state index contributed by atoms with van der Waals surface area (Å²) < 4.78 is 0. The Hall–Kier alpha value is -1.57. The van der Waals surface area contributed by atoms with E-state index < -0.39 is 0 Å². The number of nitrogens with one attached hydrogen (secondary N) is 1. The van der Waals surface area contributed by atoms with Crippen molar-refractivity contribution in [3.63, 3.8) is 0 Å². The number of anilines is 1. The van der Waals surface area contributed by atoms with E-state index in [0.29, 0.717) is 5.56 Å². The highest BCUT2D eigenvalue weighted by atomic mass is 16.1. The van der Waals surface area contributed by atoms with Crippen LogP contribution in [0.2, 0.25) is 0 Å². The van der Waals surface area contributed by atoms with Crippen molar-refractivity contribution >= 4 is 12.0 Å². The predicted molar refractivity (Wildman–Crippen MR) is 45.6 cm³/mol. The maximum atomic E-state index is 10.4. The number of benzene rings is 1. The van der Waals surface area contributed by atoms with E-state index >= 15 is 0 Å². The quantitative estimate of drug-likeness (QED) is 0.663. The maximum absolute atomic E-state index is 10.4. The van der Waals surface area contributed by atoms with Crippen molar-refractivity contribution in [3.8, 4) is 0 Å². The molecule has 56 valence electrons. The number of aldehydes is 1. The van der Waals surface area contributed by atoms with E-state index in [1.807, 2.05) is 18.2 Å². The van der Waals surface area contributed by atoms with Gasteiger partial charge in [-0.1, -0.05) is 18.7 Å². The van der Waals surface area contributed by atoms with Gasteiger partial charge in [-0.2, -0.15) is 0 Å². The second kappa shape index (κ2) is 3.56. The Morgan fingerprint density at radius 1 is 1.36 bits per heavy atom. The Morgan fingerprint density at radius 3 is 2.73 bits per heavy atom. The second-order valence-electron chi connectivity index (χ2n) is 2.05. The third-order valence-corrected chi connectivity index (χ3v) is 1.35. The van der Waals surface area contributed by atoms with E-state index in [1.54, 1.807) is 12.3 Å². The van der Waals surface area contributed by atoms with Gasteiger partial charge in [0.25, 0.3) is 0 Å². The molecule has 0 fully saturated rings. The normalized spacial score (nSPS) is 8.73. The lowest BCUT2D eigenvalue weighted by Crippen LogP contribution is -1.91. The lowest BCUT2D eigenvalue weighted by Gasteiger charge is -2.01. The van der Waals surface area contributed by atoms with Gasteiger partial charge < -0.3 is 5.32 Å². The molecule has 0 atom stereocenters. The van der Waals surface area contributed by atoms with E-state index in [0.717, 1.165) is 12.0 Å². The van der Waals surface area contributed by atoms with Gasteiger partial charge in [-0.3, -0.25) is 4.79 Å². The fourth-order valence-corrected chi connectivity index (χ4v) is 0.841. The number of carbonyl (C=O) groups excluding carboxylic acids is 1. The molecule has 0 bridgehead atoms. The van der Waals surface area contributed by atoms with Crippen LogP contribution in [0.15, 0.2) is 37.0 Å². The predicted octanol–water partition coefficient (Wildman–Crippen LogP) is 2.05. The summed E-state index contributed by atoms with van der Waals surface area (Å²) in [6, 6.07) is 7.25. The molecule has 2 heteroatoms. The molecule has 0 amide bonds. The first-order valence-corrected chi connectivity index (χ1v) is 3.30. The Bertz CT molecular complexity index is 268. The van der Waals surface area contributed by atoms with Crippen LogP contribution >= 0.6 is 0 Å². The van der Waals surface area contributed by atoms with Crippen LogP contribution in [-0.4, -0.2) is 6.29 Å². The first kappa shape index (κ1) is 7.54. The molecule has 2 nitrogen and oxygen atoms in total. The molecule has 1 aromatic rings. The lowest BCUT2D eigenvalue weighted by atomic mass is 10.2. The molecule has 11 heavy (non-hydrogen) atoms. The van der Waals surface area contributed by atoms with E-state index in [2.05, 4.69) is 11.9 Å². The topological polar surface area (TPSA) is 29.1 Å². The molecule has 0 aliphatic rings. The van der Waals surface area contributed by atoms with Crippen LogP contribution in [0.1, 0.15) is 10.4 Å². The molecule has 1 N–H and O–H groups in total. The smallest absolute Gasteiger partial charge is 0.152 e. The summed E-state index contributed by atoms with van der Waals surface area (Å²) in [4.78, 5) is 10.4. The Kier molecular flexibility index (Phi) is 2.44. The van der Waals surface area contributed by atoms with E-state index in [9.17, 15) is 4.79 Å². The molecule has 1 aromatic carbocycles. The highest BCUT2D eigenvalue weighted by Gasteiger charge is 1.95. The minimum atomic E-state index is 0.646. The summed E-state index contributed by atoms with van der Waals surface area (Å²) in [5.41, 5.74) is 1.44. The first-order chi connectivity index (χ1) is 5.38. The van der Waals surface area contributed by atoms with E-state index in [-0.39, 0.29) is 0 Å². The molecule has 0 spiro atoms. The molecule has 0 unspecified atom stereocenters. The van der Waals surface area contributed by atoms with Gasteiger partial charge in [0.05, 0.1) is 0 Å². The van der Waals surface area contributed by atoms with Crippen LogP contribution in [0, 0.1) is 0 Å². The molecular weight excluding hydrogens is 138 g/mol. The van der Waals surface area contributed by atoms with E-state index in [1.165, 1.54) is 0 Å². The van der Waals surface area contributed by atoms with Crippen molar-refractivity contribution in [2.45, 2.75) is 0 Å². The van der Waals surface area contributed by atoms with Crippen molar-refractivity contribution in [1.29, 1.82) is 0 Å². The summed E-state index contributed by atoms with van der Waals surface area (Å²) in [7, 11) is 0. The molecule has 0 heterocycles. The monoisotopic (exact) mass is 147 g/mol. The van der Waals surface area contributed by atoms with Gasteiger partial charge in [-0.15, -0.1) is 0 Å². The van der Waals surface area contributed by atoms with Crippen LogP contribution in [0.4, 0.5) is 5.69 Å². The summed E-state index contributed by atoms with van der Waals surface area (Å²) in [5.74, 6) is 0. The molecule has 0 saturated carbocycles. The fraction of sp³-hybridized carbons (Fsp3) is 0. The highest BCUT2D eigenvalue weighted by molar-refractivity contribution is 5.84. The minimum absolute atomic E-state index is 0.646. The Morgan fingerprint density at radius 2 is 2.09 bits per heavy atom. The molecule has 0 saturated heterocycles. The second-order valence-corrected chi connectivity index (χ2v) is 2.05. The molecular formula is C9H9NO. The van der Waals surface area contributed by atoms with Gasteiger partial charge in [-0.25, -0.2) is 0 Å². The van der Waals surface area contributed by atoms with Crippen molar-refractivity contribution in [3.05, 3.63) is 42.6 Å². The number of hydrogen-bond donors (Lipinski definition) is 1. The Labute approximate surface area is 65.5 Å². The third-order valence-electron chi connectivity index (χ3n) is 1.35. The molecule has 0 radical (unpaired) electrons. The maximum Gasteiger partial charge on any atom is 0.152 e. The summed E-state index contributed by atoms with van der Waals surface area (Å²) in [6.07, 6.45) is 2.36. The van der Waals surface area contributed by atoms with Crippen LogP contribution in [-0.2, 0) is 0 Å². The zero-order valence-electron chi connectivity index (χ0n) is 6.08. The van der Waals surface area contributed by atoms with Gasteiger partial charge >= 0.3 is 0 Å². The largest absolute Gasteiger partial charge is 0.362 e. The van der Waals surface area contributed by atoms with Crippen LogP contribution in [0.5, 0.6) is 0 Å². The summed E-state index contributed by atoms with van der Waals surface area (Å²) in [5, 5.41) is 2.86. The minimum Gasteiger partial charge on any atom is -0.362 e. The Balaban J connectivity index is 3.01. The first-order valence-electron chi connectivity index (χ1n) is 3.30. The zero-order valence-corrected chi connectivity index (χ0v) is 6.08. The van der Waals surface area contributed by atoms with Crippen LogP contribution in [0.25, 0.3) is 0 Å². The third kappa shape index (κ3) is 1.67. The number of carbonyl (C=O) groups is 1. The van der Waals surface area contributed by atoms with Gasteiger partial charge in [0, 0.05) is 11.3 Å². The van der Waals surface area contributed by atoms with Crippen LogP contribution in [0.3, 0.4) is 0 Å². The highest BCUT2D eigenvalue weighted by Crippen LogP contribution is 2.11. The van der Waals surface area contributed by atoms with Crippen molar-refractivity contribution in [2.75, 3.05) is 5.32 Å². The average Bonchev–Trinajstić information content (AvgIpc) is 2.06. The van der Waals surface area contributed by atoms with Gasteiger partial charge in [0.15, 0.2) is 6.29 Å².